The van der Waals surface area contributed by atoms with Crippen LogP contribution in [0.25, 0.3) is 11.0 Å². The topological polar surface area (TPSA) is 71.5 Å². The van der Waals surface area contributed by atoms with Crippen LogP contribution < -0.4 is 5.32 Å². The summed E-state index contributed by atoms with van der Waals surface area (Å²) >= 11 is 0. The minimum absolute atomic E-state index is 0.484. The minimum Gasteiger partial charge on any atom is -0.459 e. The number of furan rings is 1. The van der Waals surface area contributed by atoms with Gasteiger partial charge in [0.25, 0.3) is 0 Å². The van der Waals surface area contributed by atoms with Gasteiger partial charge in [0, 0.05) is 25.5 Å². The molecule has 0 unspecified atom stereocenters. The first-order valence-electron chi connectivity index (χ1n) is 9.94. The number of hydrogen-bond acceptors (Lipinski definition) is 4. The second-order valence-electron chi connectivity index (χ2n) is 7.59. The van der Waals surface area contributed by atoms with Gasteiger partial charge < -0.3 is 19.2 Å². The molecule has 1 fully saturated rings. The Kier molecular flexibility index (Phi) is 5.32. The molecule has 3 aromatic rings. The summed E-state index contributed by atoms with van der Waals surface area (Å²) in [6.07, 6.45) is 4.95. The summed E-state index contributed by atoms with van der Waals surface area (Å²) in [5.41, 5.74) is 0.919. The molecule has 2 heterocycles. The zero-order valence-electron chi connectivity index (χ0n) is 16.9. The van der Waals surface area contributed by atoms with Gasteiger partial charge in [-0.05, 0) is 31.9 Å². The molecular formula is C21H28N6O. The lowest BCUT2D eigenvalue weighted by Crippen LogP contribution is -2.43. The predicted octanol–water partition coefficient (Wildman–Crippen LogP) is 3.39. The molecule has 0 saturated heterocycles. The number of aryl methyl sites for hydroxylation is 1. The predicted molar refractivity (Wildman–Crippen MR) is 110 cm³/mol. The maximum Gasteiger partial charge on any atom is 0.194 e. The van der Waals surface area contributed by atoms with Gasteiger partial charge in [-0.2, -0.15) is 0 Å². The number of nitrogens with zero attached hydrogens (tertiary/aromatic N) is 5. The van der Waals surface area contributed by atoms with Crippen LogP contribution in [0.2, 0.25) is 0 Å². The number of aromatic nitrogens is 3. The van der Waals surface area contributed by atoms with E-state index in [0.29, 0.717) is 19.1 Å². The Bertz CT molecular complexity index is 933. The first kappa shape index (κ1) is 18.5. The van der Waals surface area contributed by atoms with Crippen molar-refractivity contribution in [1.29, 1.82) is 0 Å². The molecule has 28 heavy (non-hydrogen) atoms. The fourth-order valence-corrected chi connectivity index (χ4v) is 3.69. The molecule has 1 saturated carbocycles. The molecule has 0 bridgehead atoms. The van der Waals surface area contributed by atoms with Gasteiger partial charge in [-0.3, -0.25) is 0 Å². The van der Waals surface area contributed by atoms with E-state index in [2.05, 4.69) is 39.6 Å². The van der Waals surface area contributed by atoms with E-state index in [1.807, 2.05) is 36.7 Å². The Morgan fingerprint density at radius 2 is 2.07 bits per heavy atom. The van der Waals surface area contributed by atoms with Crippen LogP contribution in [0.15, 0.2) is 39.7 Å². The SMILES string of the molecule is Cc1nnc(CN=C(NC2CCCC2)N(C)Cc2cc3ccccc3o2)n1C. The third kappa shape index (κ3) is 4.03. The third-order valence-corrected chi connectivity index (χ3v) is 5.47. The first-order chi connectivity index (χ1) is 13.6. The van der Waals surface area contributed by atoms with E-state index in [9.17, 15) is 0 Å². The molecule has 1 N–H and O–H groups in total. The van der Waals surface area contributed by atoms with E-state index in [4.69, 9.17) is 9.41 Å². The standard InChI is InChI=1S/C21H28N6O/c1-15-24-25-20(27(15)3)13-22-21(23-17-9-5-6-10-17)26(2)14-18-12-16-8-4-7-11-19(16)28-18/h4,7-8,11-12,17H,5-6,9-10,13-14H2,1-3H3,(H,22,23). The monoisotopic (exact) mass is 380 g/mol. The average Bonchev–Trinajstić information content (AvgIpc) is 3.41. The van der Waals surface area contributed by atoms with Gasteiger partial charge in [0.2, 0.25) is 0 Å². The molecule has 148 valence electrons. The summed E-state index contributed by atoms with van der Waals surface area (Å²) in [7, 11) is 4.03. The van der Waals surface area contributed by atoms with Gasteiger partial charge in [-0.1, -0.05) is 31.0 Å². The minimum atomic E-state index is 0.484. The summed E-state index contributed by atoms with van der Waals surface area (Å²) < 4.78 is 7.98. The summed E-state index contributed by atoms with van der Waals surface area (Å²) in [5, 5.41) is 13.1. The van der Waals surface area contributed by atoms with Gasteiger partial charge in [-0.25, -0.2) is 4.99 Å². The number of guanidine groups is 1. The second-order valence-corrected chi connectivity index (χ2v) is 7.59. The van der Waals surface area contributed by atoms with Gasteiger partial charge in [0.05, 0.1) is 6.54 Å². The van der Waals surface area contributed by atoms with Crippen molar-refractivity contribution in [1.82, 2.24) is 25.0 Å². The quantitative estimate of drug-likeness (QED) is 0.543. The molecule has 0 radical (unpaired) electrons. The fourth-order valence-electron chi connectivity index (χ4n) is 3.69. The van der Waals surface area contributed by atoms with Gasteiger partial charge in [0.15, 0.2) is 11.8 Å². The van der Waals surface area contributed by atoms with Crippen molar-refractivity contribution in [3.63, 3.8) is 0 Å². The van der Waals surface area contributed by atoms with E-state index < -0.39 is 0 Å². The Hall–Kier alpha value is -2.83. The Balaban J connectivity index is 1.52. The summed E-state index contributed by atoms with van der Waals surface area (Å²) in [6.45, 7) is 3.10. The molecule has 1 aliphatic rings. The van der Waals surface area contributed by atoms with E-state index in [-0.39, 0.29) is 0 Å². The van der Waals surface area contributed by atoms with Crippen molar-refractivity contribution in [2.24, 2.45) is 12.0 Å². The zero-order valence-corrected chi connectivity index (χ0v) is 16.9. The number of fused-ring (bicyclic) bond motifs is 1. The zero-order chi connectivity index (χ0) is 19.5. The van der Waals surface area contributed by atoms with Gasteiger partial charge >= 0.3 is 0 Å². The van der Waals surface area contributed by atoms with E-state index in [0.717, 1.165) is 34.3 Å². The highest BCUT2D eigenvalue weighted by Gasteiger charge is 2.19. The lowest BCUT2D eigenvalue weighted by atomic mass is 10.2. The molecule has 0 amide bonds. The maximum atomic E-state index is 5.99. The fraction of sp³-hybridized carbons (Fsp3) is 0.476. The van der Waals surface area contributed by atoms with E-state index in [1.54, 1.807) is 0 Å². The Morgan fingerprint density at radius 1 is 1.29 bits per heavy atom. The lowest BCUT2D eigenvalue weighted by Gasteiger charge is -2.24. The van der Waals surface area contributed by atoms with Crippen LogP contribution in [-0.2, 0) is 20.1 Å². The number of aliphatic imine (C=N–C) groups is 1. The lowest BCUT2D eigenvalue weighted by molar-refractivity contribution is 0.403. The molecule has 1 aromatic carbocycles. The van der Waals surface area contributed by atoms with Crippen LogP contribution in [0, 0.1) is 6.92 Å². The van der Waals surface area contributed by atoms with Crippen LogP contribution in [0.5, 0.6) is 0 Å². The van der Waals surface area contributed by atoms with Crippen molar-refractivity contribution in [3.05, 3.63) is 47.7 Å². The van der Waals surface area contributed by atoms with Crippen molar-refractivity contribution < 1.29 is 4.42 Å². The molecule has 7 nitrogen and oxygen atoms in total. The summed E-state index contributed by atoms with van der Waals surface area (Å²) in [4.78, 5) is 6.97. The van der Waals surface area contributed by atoms with Gasteiger partial charge in [0.1, 0.15) is 23.7 Å². The van der Waals surface area contributed by atoms with E-state index >= 15 is 0 Å². The number of hydrogen-bond donors (Lipinski definition) is 1. The maximum absolute atomic E-state index is 5.99. The highest BCUT2D eigenvalue weighted by molar-refractivity contribution is 5.81. The van der Waals surface area contributed by atoms with Gasteiger partial charge in [-0.15, -0.1) is 10.2 Å². The molecule has 2 aromatic heterocycles. The highest BCUT2D eigenvalue weighted by Crippen LogP contribution is 2.21. The van der Waals surface area contributed by atoms with Crippen LogP contribution in [0.3, 0.4) is 0 Å². The molecule has 0 spiro atoms. The molecule has 0 aliphatic heterocycles. The molecular weight excluding hydrogens is 352 g/mol. The molecule has 7 heteroatoms. The number of para-hydroxylation sites is 1. The Labute approximate surface area is 165 Å². The molecule has 0 atom stereocenters. The van der Waals surface area contributed by atoms with Crippen molar-refractivity contribution in [2.75, 3.05) is 7.05 Å². The average molecular weight is 380 g/mol. The van der Waals surface area contributed by atoms with Crippen LogP contribution in [0.1, 0.15) is 43.1 Å². The number of benzene rings is 1. The Morgan fingerprint density at radius 3 is 2.79 bits per heavy atom. The second kappa shape index (κ2) is 8.04. The smallest absolute Gasteiger partial charge is 0.194 e. The third-order valence-electron chi connectivity index (χ3n) is 5.47. The normalized spacial score (nSPS) is 15.5. The van der Waals surface area contributed by atoms with Crippen LogP contribution in [-0.4, -0.2) is 38.7 Å². The van der Waals surface area contributed by atoms with Crippen molar-refractivity contribution in [3.8, 4) is 0 Å². The number of rotatable bonds is 5. The van der Waals surface area contributed by atoms with Crippen LogP contribution >= 0.6 is 0 Å². The molecule has 4 rings (SSSR count). The van der Waals surface area contributed by atoms with E-state index in [1.165, 1.54) is 25.7 Å². The number of nitrogens with one attached hydrogen (secondary N) is 1. The highest BCUT2D eigenvalue weighted by atomic mass is 16.3. The molecule has 1 aliphatic carbocycles. The largest absolute Gasteiger partial charge is 0.459 e. The summed E-state index contributed by atoms with van der Waals surface area (Å²) in [5.74, 6) is 3.57. The summed E-state index contributed by atoms with van der Waals surface area (Å²) in [6, 6.07) is 10.7. The first-order valence-corrected chi connectivity index (χ1v) is 9.94. The van der Waals surface area contributed by atoms with Crippen LogP contribution in [0.4, 0.5) is 0 Å². The van der Waals surface area contributed by atoms with Crippen molar-refractivity contribution >= 4 is 16.9 Å². The van der Waals surface area contributed by atoms with Crippen molar-refractivity contribution in [2.45, 2.75) is 51.7 Å².